The van der Waals surface area contributed by atoms with Crippen LogP contribution in [0.1, 0.15) is 29.5 Å². The predicted octanol–water partition coefficient (Wildman–Crippen LogP) is 3.14. The number of nitrogens with zero attached hydrogens (tertiary/aromatic N) is 3. The van der Waals surface area contributed by atoms with E-state index in [9.17, 15) is 9.59 Å². The van der Waals surface area contributed by atoms with Crippen LogP contribution in [0.2, 0.25) is 0 Å². The van der Waals surface area contributed by atoms with E-state index in [1.165, 1.54) is 23.1 Å². The zero-order valence-electron chi connectivity index (χ0n) is 15.6. The predicted molar refractivity (Wildman–Crippen MR) is 111 cm³/mol. The van der Waals surface area contributed by atoms with Crippen molar-refractivity contribution in [3.63, 3.8) is 0 Å². The number of thioether (sulfide) groups is 1. The Morgan fingerprint density at radius 3 is 2.85 bits per heavy atom. The van der Waals surface area contributed by atoms with Gasteiger partial charge in [-0.1, -0.05) is 24.8 Å². The zero-order valence-corrected chi connectivity index (χ0v) is 17.2. The van der Waals surface area contributed by atoms with Crippen molar-refractivity contribution in [1.82, 2.24) is 19.9 Å². The van der Waals surface area contributed by atoms with Gasteiger partial charge >= 0.3 is 0 Å². The highest BCUT2D eigenvalue weighted by Gasteiger charge is 2.18. The molecule has 0 atom stereocenters. The summed E-state index contributed by atoms with van der Waals surface area (Å²) in [6, 6.07) is 5.61. The average molecular weight is 403 g/mol. The number of amides is 1. The molecule has 0 fully saturated rings. The molecule has 1 amide bonds. The molecule has 142 valence electrons. The van der Waals surface area contributed by atoms with Crippen LogP contribution in [-0.4, -0.2) is 32.7 Å². The van der Waals surface area contributed by atoms with E-state index in [0.717, 1.165) is 27.4 Å². The van der Waals surface area contributed by atoms with Crippen LogP contribution in [0.3, 0.4) is 0 Å². The number of hydrogen-bond donors (Lipinski definition) is 1. The standard InChI is InChI=1S/C19H22N4O2S2/c1-4-8-21-15(24)11-26-19-22-17-16(12(2)13(3)27-17)18(25)23(19)10-14-7-5-6-9-20-14/h5-7,9H,4,8,10-11H2,1-3H3,(H,21,24). The van der Waals surface area contributed by atoms with Gasteiger partial charge in [-0.05, 0) is 38.0 Å². The second kappa shape index (κ2) is 8.67. The van der Waals surface area contributed by atoms with E-state index in [1.807, 2.05) is 39.0 Å². The molecule has 6 nitrogen and oxygen atoms in total. The SMILES string of the molecule is CCCNC(=O)CSc1nc2sc(C)c(C)c2c(=O)n1Cc1ccccn1. The number of carbonyl (C=O) groups excluding carboxylic acids is 1. The molecule has 0 bridgehead atoms. The first-order valence-corrected chi connectivity index (χ1v) is 10.6. The van der Waals surface area contributed by atoms with Gasteiger partial charge in [0.1, 0.15) is 4.83 Å². The van der Waals surface area contributed by atoms with Crippen LogP contribution >= 0.6 is 23.1 Å². The summed E-state index contributed by atoms with van der Waals surface area (Å²) in [7, 11) is 0. The summed E-state index contributed by atoms with van der Waals surface area (Å²) in [4.78, 5) is 36.0. The Bertz CT molecular complexity index is 1010. The Kier molecular flexibility index (Phi) is 6.28. The Morgan fingerprint density at radius 1 is 1.33 bits per heavy atom. The van der Waals surface area contributed by atoms with Gasteiger partial charge in [0.15, 0.2) is 5.16 Å². The molecule has 0 saturated heterocycles. The number of hydrogen-bond acceptors (Lipinski definition) is 6. The Labute approximate surface area is 166 Å². The first-order chi connectivity index (χ1) is 13.0. The summed E-state index contributed by atoms with van der Waals surface area (Å²) >= 11 is 2.80. The maximum atomic E-state index is 13.2. The highest BCUT2D eigenvalue weighted by molar-refractivity contribution is 7.99. The van der Waals surface area contributed by atoms with Gasteiger partial charge < -0.3 is 5.32 Å². The van der Waals surface area contributed by atoms with Crippen LogP contribution in [0.5, 0.6) is 0 Å². The third kappa shape index (κ3) is 4.39. The van der Waals surface area contributed by atoms with Crippen molar-refractivity contribution in [2.24, 2.45) is 0 Å². The maximum absolute atomic E-state index is 13.2. The first-order valence-electron chi connectivity index (χ1n) is 8.81. The molecule has 0 unspecified atom stereocenters. The van der Waals surface area contributed by atoms with Gasteiger partial charge in [0, 0.05) is 17.6 Å². The number of fused-ring (bicyclic) bond motifs is 1. The van der Waals surface area contributed by atoms with Crippen LogP contribution < -0.4 is 10.9 Å². The Hall–Kier alpha value is -2.19. The Balaban J connectivity index is 2.00. The van der Waals surface area contributed by atoms with Crippen molar-refractivity contribution in [3.05, 3.63) is 50.9 Å². The number of nitrogens with one attached hydrogen (secondary N) is 1. The monoisotopic (exact) mass is 402 g/mol. The minimum Gasteiger partial charge on any atom is -0.355 e. The highest BCUT2D eigenvalue weighted by atomic mass is 32.2. The highest BCUT2D eigenvalue weighted by Crippen LogP contribution is 2.28. The quantitative estimate of drug-likeness (QED) is 0.485. The van der Waals surface area contributed by atoms with Gasteiger partial charge in [0.25, 0.3) is 5.56 Å². The number of aromatic nitrogens is 3. The normalized spacial score (nSPS) is 11.1. The van der Waals surface area contributed by atoms with Gasteiger partial charge in [-0.2, -0.15) is 0 Å². The average Bonchev–Trinajstić information content (AvgIpc) is 2.95. The molecule has 3 heterocycles. The lowest BCUT2D eigenvalue weighted by Crippen LogP contribution is -2.27. The summed E-state index contributed by atoms with van der Waals surface area (Å²) in [6.45, 7) is 6.93. The summed E-state index contributed by atoms with van der Waals surface area (Å²) in [5, 5.41) is 4.06. The fraction of sp³-hybridized carbons (Fsp3) is 0.368. The van der Waals surface area contributed by atoms with E-state index in [-0.39, 0.29) is 17.2 Å². The number of rotatable bonds is 7. The van der Waals surface area contributed by atoms with E-state index in [1.54, 1.807) is 10.8 Å². The third-order valence-corrected chi connectivity index (χ3v) is 6.28. The van der Waals surface area contributed by atoms with Crippen molar-refractivity contribution >= 4 is 39.2 Å². The van der Waals surface area contributed by atoms with E-state index < -0.39 is 0 Å². The molecular formula is C19H22N4O2S2. The van der Waals surface area contributed by atoms with Crippen LogP contribution in [0, 0.1) is 13.8 Å². The fourth-order valence-corrected chi connectivity index (χ4v) is 4.56. The molecule has 0 aromatic carbocycles. The molecule has 8 heteroatoms. The lowest BCUT2D eigenvalue weighted by molar-refractivity contribution is -0.118. The molecule has 1 N–H and O–H groups in total. The molecule has 0 spiro atoms. The van der Waals surface area contributed by atoms with E-state index >= 15 is 0 Å². The number of thiophene rings is 1. The van der Waals surface area contributed by atoms with Gasteiger partial charge in [-0.25, -0.2) is 4.98 Å². The number of pyridine rings is 1. The topological polar surface area (TPSA) is 76.9 Å². The molecule has 3 aromatic heterocycles. The van der Waals surface area contributed by atoms with Crippen LogP contribution in [0.4, 0.5) is 0 Å². The summed E-state index contributed by atoms with van der Waals surface area (Å²) in [5.74, 6) is 0.169. The molecule has 0 radical (unpaired) electrons. The van der Waals surface area contributed by atoms with Gasteiger partial charge in [-0.15, -0.1) is 11.3 Å². The summed E-state index contributed by atoms with van der Waals surface area (Å²) < 4.78 is 1.63. The van der Waals surface area contributed by atoms with Crippen molar-refractivity contribution in [2.45, 2.75) is 38.9 Å². The van der Waals surface area contributed by atoms with Crippen molar-refractivity contribution < 1.29 is 4.79 Å². The van der Waals surface area contributed by atoms with E-state index in [4.69, 9.17) is 4.98 Å². The van der Waals surface area contributed by atoms with Gasteiger partial charge in [0.05, 0.1) is 23.4 Å². The molecule has 3 rings (SSSR count). The summed E-state index contributed by atoms with van der Waals surface area (Å²) in [6.07, 6.45) is 2.59. The zero-order chi connectivity index (χ0) is 19.4. The molecule has 0 aliphatic rings. The lowest BCUT2D eigenvalue weighted by atomic mass is 10.2. The summed E-state index contributed by atoms with van der Waals surface area (Å²) in [5.41, 5.74) is 1.67. The first kappa shape index (κ1) is 19.6. The fourth-order valence-electron chi connectivity index (χ4n) is 2.66. The van der Waals surface area contributed by atoms with Crippen LogP contribution in [0.25, 0.3) is 10.2 Å². The smallest absolute Gasteiger partial charge is 0.263 e. The van der Waals surface area contributed by atoms with Crippen molar-refractivity contribution in [1.29, 1.82) is 0 Å². The van der Waals surface area contributed by atoms with Gasteiger partial charge in [0.2, 0.25) is 5.91 Å². The van der Waals surface area contributed by atoms with Crippen molar-refractivity contribution in [2.75, 3.05) is 12.3 Å². The third-order valence-electron chi connectivity index (χ3n) is 4.20. The number of carbonyl (C=O) groups is 1. The largest absolute Gasteiger partial charge is 0.355 e. The van der Waals surface area contributed by atoms with Crippen LogP contribution in [-0.2, 0) is 11.3 Å². The second-order valence-corrected chi connectivity index (χ2v) is 8.35. The molecule has 3 aromatic rings. The molecular weight excluding hydrogens is 380 g/mol. The van der Waals surface area contributed by atoms with E-state index in [0.29, 0.717) is 23.6 Å². The maximum Gasteiger partial charge on any atom is 0.263 e. The minimum atomic E-state index is -0.0797. The number of aryl methyl sites for hydroxylation is 2. The second-order valence-electron chi connectivity index (χ2n) is 6.21. The van der Waals surface area contributed by atoms with Crippen LogP contribution in [0.15, 0.2) is 34.3 Å². The van der Waals surface area contributed by atoms with Crippen molar-refractivity contribution in [3.8, 4) is 0 Å². The van der Waals surface area contributed by atoms with Gasteiger partial charge in [-0.3, -0.25) is 19.1 Å². The molecule has 0 saturated carbocycles. The molecule has 0 aliphatic heterocycles. The Morgan fingerprint density at radius 2 is 2.15 bits per heavy atom. The molecule has 0 aliphatic carbocycles. The van der Waals surface area contributed by atoms with E-state index in [2.05, 4.69) is 10.3 Å². The molecule has 27 heavy (non-hydrogen) atoms. The lowest BCUT2D eigenvalue weighted by Gasteiger charge is -2.12. The minimum absolute atomic E-state index is 0.0564.